The van der Waals surface area contributed by atoms with Crippen molar-refractivity contribution < 1.29 is 0 Å². The maximum atomic E-state index is 3.64. The van der Waals surface area contributed by atoms with Crippen molar-refractivity contribution in [2.24, 2.45) is 0 Å². The number of benzene rings is 4. The van der Waals surface area contributed by atoms with Gasteiger partial charge in [0, 0.05) is 0 Å². The van der Waals surface area contributed by atoms with Crippen LogP contribution in [0.4, 0.5) is 11.4 Å². The normalized spacial score (nSPS) is 11.0. The van der Waals surface area contributed by atoms with Crippen LogP contribution in [0.25, 0.3) is 0 Å². The van der Waals surface area contributed by atoms with Gasteiger partial charge in [0.1, 0.15) is 10.6 Å². The molecule has 0 spiro atoms. The third-order valence-corrected chi connectivity index (χ3v) is 7.61. The van der Waals surface area contributed by atoms with Gasteiger partial charge in [-0.1, -0.05) is 83.2 Å². The minimum absolute atomic E-state index is 1.00. The summed E-state index contributed by atoms with van der Waals surface area (Å²) < 4.78 is 0. The van der Waals surface area contributed by atoms with Crippen molar-refractivity contribution in [2.45, 2.75) is 0 Å². The Kier molecular flexibility index (Phi) is 6.18. The molecule has 0 fully saturated rings. The number of rotatable bonds is 8. The predicted molar refractivity (Wildman–Crippen MR) is 125 cm³/mol. The van der Waals surface area contributed by atoms with Gasteiger partial charge in [-0.25, -0.2) is 0 Å². The fraction of sp³-hybridized carbons (Fsp3) is 0. The number of hydrazine groups is 2. The van der Waals surface area contributed by atoms with Crippen LogP contribution in [0.3, 0.4) is 0 Å². The van der Waals surface area contributed by atoms with Gasteiger partial charge in [-0.2, -0.15) is 0 Å². The van der Waals surface area contributed by atoms with Crippen molar-refractivity contribution in [1.82, 2.24) is 10.4 Å². The minimum atomic E-state index is -2.25. The fourth-order valence-corrected chi connectivity index (χ4v) is 5.78. The molecule has 4 N–H and O–H groups in total. The van der Waals surface area contributed by atoms with E-state index in [0.717, 1.165) is 11.4 Å². The van der Waals surface area contributed by atoms with Crippen molar-refractivity contribution >= 4 is 29.5 Å². The van der Waals surface area contributed by atoms with Gasteiger partial charge in [0.15, 0.2) is 0 Å². The van der Waals surface area contributed by atoms with Crippen LogP contribution in [0, 0.1) is 0 Å². The standard InChI is InChI=1S/C24H24N4P/c1-5-13-21(14-6-1)25-27-29(23-17-9-3-10-18-23,24-19-11-4-12-20-24)28-26-22-15-7-2-8-16-22/h1-20,25-28H/q+1. The number of hydrogen-bond donors (Lipinski definition) is 4. The maximum Gasteiger partial charge on any atom is 0.254 e. The molecule has 0 saturated carbocycles. The Bertz CT molecular complexity index is 911. The van der Waals surface area contributed by atoms with Gasteiger partial charge >= 0.3 is 0 Å². The second kappa shape index (κ2) is 9.35. The molecular formula is C24H24N4P+. The summed E-state index contributed by atoms with van der Waals surface area (Å²) in [6.45, 7) is 0. The van der Waals surface area contributed by atoms with Crippen LogP contribution in [-0.2, 0) is 0 Å². The van der Waals surface area contributed by atoms with Crippen LogP contribution in [-0.4, -0.2) is 0 Å². The van der Waals surface area contributed by atoms with E-state index >= 15 is 0 Å². The monoisotopic (exact) mass is 399 g/mol. The van der Waals surface area contributed by atoms with E-state index < -0.39 is 7.56 Å². The lowest BCUT2D eigenvalue weighted by Gasteiger charge is -2.28. The molecule has 5 heteroatoms. The first-order chi connectivity index (χ1) is 14.4. The third kappa shape index (κ3) is 4.64. The summed E-state index contributed by atoms with van der Waals surface area (Å²) in [7, 11) is -2.25. The molecule has 0 atom stereocenters. The lowest BCUT2D eigenvalue weighted by Crippen LogP contribution is -2.46. The van der Waals surface area contributed by atoms with Crippen LogP contribution >= 0.6 is 7.56 Å². The lowest BCUT2D eigenvalue weighted by atomic mass is 10.3. The molecule has 0 aliphatic heterocycles. The molecule has 0 saturated heterocycles. The van der Waals surface area contributed by atoms with Gasteiger partial charge in [-0.3, -0.25) is 10.9 Å². The molecule has 0 aliphatic rings. The fourth-order valence-electron chi connectivity index (χ4n) is 3.08. The molecule has 0 amide bonds. The number of para-hydroxylation sites is 2. The van der Waals surface area contributed by atoms with Crippen molar-refractivity contribution in [3.05, 3.63) is 121 Å². The minimum Gasteiger partial charge on any atom is -0.289 e. The van der Waals surface area contributed by atoms with E-state index in [9.17, 15) is 0 Å². The molecule has 0 bridgehead atoms. The topological polar surface area (TPSA) is 48.1 Å². The number of hydrogen-bond acceptors (Lipinski definition) is 4. The first-order valence-corrected chi connectivity index (χ1v) is 11.3. The molecule has 144 valence electrons. The highest BCUT2D eigenvalue weighted by Crippen LogP contribution is 2.47. The summed E-state index contributed by atoms with van der Waals surface area (Å²) in [4.78, 5) is 0. The highest BCUT2D eigenvalue weighted by atomic mass is 31.2. The van der Waals surface area contributed by atoms with Crippen molar-refractivity contribution in [3.63, 3.8) is 0 Å². The second-order valence-electron chi connectivity index (χ2n) is 6.55. The Morgan fingerprint density at radius 3 is 1.03 bits per heavy atom. The zero-order valence-corrected chi connectivity index (χ0v) is 16.9. The largest absolute Gasteiger partial charge is 0.289 e. The lowest BCUT2D eigenvalue weighted by molar-refractivity contribution is 1.09. The molecule has 4 aromatic rings. The van der Waals surface area contributed by atoms with Gasteiger partial charge in [0.25, 0.3) is 7.56 Å². The summed E-state index contributed by atoms with van der Waals surface area (Å²) in [6.07, 6.45) is 0. The first kappa shape index (κ1) is 19.2. The van der Waals surface area contributed by atoms with Gasteiger partial charge in [0.05, 0.1) is 11.4 Å². The van der Waals surface area contributed by atoms with E-state index in [1.54, 1.807) is 0 Å². The average molecular weight is 399 g/mol. The Hall–Kier alpha value is -3.17. The van der Waals surface area contributed by atoms with Gasteiger partial charge in [-0.05, 0) is 48.5 Å². The summed E-state index contributed by atoms with van der Waals surface area (Å²) >= 11 is 0. The molecule has 29 heavy (non-hydrogen) atoms. The average Bonchev–Trinajstić information content (AvgIpc) is 2.82. The molecule has 4 nitrogen and oxygen atoms in total. The highest BCUT2D eigenvalue weighted by molar-refractivity contribution is 7.86. The van der Waals surface area contributed by atoms with Crippen LogP contribution < -0.4 is 31.9 Å². The Labute approximate surface area is 172 Å². The van der Waals surface area contributed by atoms with Crippen molar-refractivity contribution in [2.75, 3.05) is 10.9 Å². The van der Waals surface area contributed by atoms with Gasteiger partial charge in [0.2, 0.25) is 0 Å². The summed E-state index contributed by atoms with van der Waals surface area (Å²) in [6, 6.07) is 41.2. The molecule has 0 heterocycles. The molecule has 0 aromatic heterocycles. The molecule has 4 rings (SSSR count). The molecule has 0 radical (unpaired) electrons. The number of nitrogens with one attached hydrogen (secondary N) is 4. The van der Waals surface area contributed by atoms with E-state index in [4.69, 9.17) is 0 Å². The quantitative estimate of drug-likeness (QED) is 0.256. The van der Waals surface area contributed by atoms with Crippen molar-refractivity contribution in [1.29, 1.82) is 0 Å². The number of anilines is 2. The van der Waals surface area contributed by atoms with Gasteiger partial charge in [-0.15, -0.1) is 0 Å². The SMILES string of the molecule is c1ccc(NN[P+](NNc2ccccc2)(c2ccccc2)c2ccccc2)cc1. The van der Waals surface area contributed by atoms with Crippen molar-refractivity contribution in [3.8, 4) is 0 Å². The van der Waals surface area contributed by atoms with Crippen LogP contribution in [0.2, 0.25) is 0 Å². The Morgan fingerprint density at radius 1 is 0.379 bits per heavy atom. The predicted octanol–water partition coefficient (Wildman–Crippen LogP) is 4.72. The van der Waals surface area contributed by atoms with E-state index in [1.807, 2.05) is 72.8 Å². The smallest absolute Gasteiger partial charge is 0.254 e. The first-order valence-electron chi connectivity index (χ1n) is 9.54. The molecule has 0 aliphatic carbocycles. The van der Waals surface area contributed by atoms with E-state index in [0.29, 0.717) is 0 Å². The van der Waals surface area contributed by atoms with E-state index in [2.05, 4.69) is 69.8 Å². The maximum absolute atomic E-state index is 3.64. The van der Waals surface area contributed by atoms with Gasteiger partial charge < -0.3 is 0 Å². The van der Waals surface area contributed by atoms with Crippen LogP contribution in [0.15, 0.2) is 121 Å². The van der Waals surface area contributed by atoms with Crippen LogP contribution in [0.5, 0.6) is 0 Å². The molecule has 0 unspecified atom stereocenters. The third-order valence-electron chi connectivity index (χ3n) is 4.57. The Morgan fingerprint density at radius 2 is 0.690 bits per heavy atom. The molecule has 4 aromatic carbocycles. The summed E-state index contributed by atoms with van der Waals surface area (Å²) in [5.74, 6) is 0. The van der Waals surface area contributed by atoms with Crippen LogP contribution in [0.1, 0.15) is 0 Å². The zero-order valence-electron chi connectivity index (χ0n) is 16.0. The van der Waals surface area contributed by atoms with E-state index in [-0.39, 0.29) is 0 Å². The summed E-state index contributed by atoms with van der Waals surface area (Å²) in [5.41, 5.74) is 8.84. The van der Waals surface area contributed by atoms with E-state index in [1.165, 1.54) is 10.6 Å². The summed E-state index contributed by atoms with van der Waals surface area (Å²) in [5, 5.41) is 9.64. The molecular weight excluding hydrogens is 375 g/mol. The zero-order chi connectivity index (χ0) is 19.8. The highest BCUT2D eigenvalue weighted by Gasteiger charge is 2.44. The second-order valence-corrected chi connectivity index (χ2v) is 9.37. The Balaban J connectivity index is 1.73.